The van der Waals surface area contributed by atoms with Crippen LogP contribution in [-0.4, -0.2) is 41.8 Å². The fourth-order valence-electron chi connectivity index (χ4n) is 1.94. The van der Waals surface area contributed by atoms with Crippen molar-refractivity contribution in [1.82, 2.24) is 4.90 Å². The number of ether oxygens (including phenoxy) is 1. The maximum absolute atomic E-state index is 11.1. The van der Waals surface area contributed by atoms with Crippen molar-refractivity contribution >= 4 is 33.5 Å². The molecule has 18 heavy (non-hydrogen) atoms. The van der Waals surface area contributed by atoms with Gasteiger partial charge >= 0.3 is 5.97 Å². The Morgan fingerprint density at radius 3 is 3.11 bits per heavy atom. The molecule has 1 saturated heterocycles. The number of aliphatic carboxylic acids is 1. The van der Waals surface area contributed by atoms with Crippen LogP contribution >= 0.6 is 27.5 Å². The molecule has 1 aliphatic heterocycles. The number of hydrogen-bond donors (Lipinski definition) is 1. The van der Waals surface area contributed by atoms with E-state index in [1.807, 2.05) is 17.0 Å². The smallest absolute Gasteiger partial charge is 0.323 e. The molecule has 1 atom stereocenters. The number of nitrogens with zero attached hydrogens (tertiary/aromatic N) is 1. The maximum atomic E-state index is 11.1. The summed E-state index contributed by atoms with van der Waals surface area (Å²) in [5, 5.41) is 9.80. The molecule has 0 aliphatic carbocycles. The first-order chi connectivity index (χ1) is 8.58. The zero-order chi connectivity index (χ0) is 13.1. The number of carboxylic acid groups (broad SMARTS) is 1. The van der Waals surface area contributed by atoms with Crippen molar-refractivity contribution < 1.29 is 14.6 Å². The summed E-state index contributed by atoms with van der Waals surface area (Å²) in [5.41, 5.74) is 0.982. The molecule has 0 saturated carbocycles. The van der Waals surface area contributed by atoms with E-state index in [-0.39, 0.29) is 6.61 Å². The standard InChI is InChI=1S/C12H13BrClNO3/c13-10-2-1-9(14)5-8(10)6-15-3-4-18-7-11(15)12(16)17/h1-2,5,11H,3-4,6-7H2,(H,16,17). The SMILES string of the molecule is O=C(O)C1COCCN1Cc1cc(Cl)ccc1Br. The average molecular weight is 335 g/mol. The third-order valence-corrected chi connectivity index (χ3v) is 3.91. The van der Waals surface area contributed by atoms with E-state index < -0.39 is 12.0 Å². The van der Waals surface area contributed by atoms with Crippen LogP contribution in [0.1, 0.15) is 5.56 Å². The van der Waals surface area contributed by atoms with E-state index in [2.05, 4.69) is 15.9 Å². The molecule has 1 N–H and O–H groups in total. The Bertz CT molecular complexity index is 455. The fourth-order valence-corrected chi connectivity index (χ4v) is 2.50. The van der Waals surface area contributed by atoms with Crippen molar-refractivity contribution in [3.05, 3.63) is 33.3 Å². The van der Waals surface area contributed by atoms with Gasteiger partial charge in [-0.2, -0.15) is 0 Å². The lowest BCUT2D eigenvalue weighted by Gasteiger charge is -2.33. The van der Waals surface area contributed by atoms with E-state index in [0.29, 0.717) is 24.7 Å². The van der Waals surface area contributed by atoms with Gasteiger partial charge in [-0.1, -0.05) is 27.5 Å². The van der Waals surface area contributed by atoms with Gasteiger partial charge in [-0.05, 0) is 23.8 Å². The van der Waals surface area contributed by atoms with Gasteiger partial charge in [0.1, 0.15) is 6.04 Å². The lowest BCUT2D eigenvalue weighted by molar-refractivity contribution is -0.150. The molecule has 0 amide bonds. The quantitative estimate of drug-likeness (QED) is 0.922. The van der Waals surface area contributed by atoms with Crippen LogP contribution in [0.25, 0.3) is 0 Å². The van der Waals surface area contributed by atoms with Gasteiger partial charge in [0, 0.05) is 22.6 Å². The van der Waals surface area contributed by atoms with Crippen LogP contribution in [0.4, 0.5) is 0 Å². The molecule has 6 heteroatoms. The molecule has 1 heterocycles. The van der Waals surface area contributed by atoms with E-state index in [1.54, 1.807) is 6.07 Å². The summed E-state index contributed by atoms with van der Waals surface area (Å²) >= 11 is 9.40. The molecule has 2 rings (SSSR count). The highest BCUT2D eigenvalue weighted by atomic mass is 79.9. The zero-order valence-corrected chi connectivity index (χ0v) is 11.9. The topological polar surface area (TPSA) is 49.8 Å². The normalized spacial score (nSPS) is 20.9. The summed E-state index contributed by atoms with van der Waals surface area (Å²) in [6, 6.07) is 4.92. The van der Waals surface area contributed by atoms with Gasteiger partial charge in [-0.25, -0.2) is 0 Å². The van der Waals surface area contributed by atoms with Gasteiger partial charge in [0.2, 0.25) is 0 Å². The lowest BCUT2D eigenvalue weighted by Crippen LogP contribution is -2.49. The molecule has 1 aliphatic rings. The number of hydrogen-bond acceptors (Lipinski definition) is 3. The minimum atomic E-state index is -0.854. The molecule has 1 unspecified atom stereocenters. The molecule has 98 valence electrons. The Kier molecular flexibility index (Phi) is 4.61. The van der Waals surface area contributed by atoms with Gasteiger partial charge < -0.3 is 9.84 Å². The Hall–Kier alpha value is -0.620. The number of halogens is 2. The largest absolute Gasteiger partial charge is 0.480 e. The van der Waals surface area contributed by atoms with Gasteiger partial charge in [0.15, 0.2) is 0 Å². The Morgan fingerprint density at radius 2 is 2.39 bits per heavy atom. The second-order valence-corrected chi connectivity index (χ2v) is 5.43. The van der Waals surface area contributed by atoms with Crippen molar-refractivity contribution in [2.45, 2.75) is 12.6 Å². The van der Waals surface area contributed by atoms with Crippen LogP contribution in [0, 0.1) is 0 Å². The summed E-state index contributed by atoms with van der Waals surface area (Å²) < 4.78 is 6.14. The number of carboxylic acids is 1. The van der Waals surface area contributed by atoms with Gasteiger partial charge in [-0.15, -0.1) is 0 Å². The Balaban J connectivity index is 2.15. The first kappa shape index (κ1) is 13.8. The first-order valence-corrected chi connectivity index (χ1v) is 6.73. The summed E-state index contributed by atoms with van der Waals surface area (Å²) in [6.45, 7) is 1.94. The number of carbonyl (C=O) groups is 1. The first-order valence-electron chi connectivity index (χ1n) is 5.56. The second kappa shape index (κ2) is 6.02. The highest BCUT2D eigenvalue weighted by Crippen LogP contribution is 2.24. The Labute approximate surface area is 119 Å². The van der Waals surface area contributed by atoms with Crippen LogP contribution < -0.4 is 0 Å². The van der Waals surface area contributed by atoms with Crippen molar-refractivity contribution in [2.75, 3.05) is 19.8 Å². The number of morpholine rings is 1. The molecule has 0 aromatic heterocycles. The second-order valence-electron chi connectivity index (χ2n) is 4.14. The average Bonchev–Trinajstić information content (AvgIpc) is 2.34. The van der Waals surface area contributed by atoms with Crippen molar-refractivity contribution in [1.29, 1.82) is 0 Å². The van der Waals surface area contributed by atoms with Crippen LogP contribution in [0.5, 0.6) is 0 Å². The van der Waals surface area contributed by atoms with Gasteiger partial charge in [-0.3, -0.25) is 9.69 Å². The minimum absolute atomic E-state index is 0.230. The third kappa shape index (κ3) is 3.23. The van der Waals surface area contributed by atoms with Gasteiger partial charge in [0.05, 0.1) is 13.2 Å². The van der Waals surface area contributed by atoms with Crippen LogP contribution in [0.3, 0.4) is 0 Å². The van der Waals surface area contributed by atoms with E-state index in [9.17, 15) is 4.79 Å². The van der Waals surface area contributed by atoms with Crippen LogP contribution in [0.15, 0.2) is 22.7 Å². The monoisotopic (exact) mass is 333 g/mol. The van der Waals surface area contributed by atoms with Gasteiger partial charge in [0.25, 0.3) is 0 Å². The molecular weight excluding hydrogens is 321 g/mol. The zero-order valence-electron chi connectivity index (χ0n) is 9.60. The third-order valence-electron chi connectivity index (χ3n) is 2.91. The highest BCUT2D eigenvalue weighted by molar-refractivity contribution is 9.10. The molecule has 1 fully saturated rings. The summed E-state index contributed by atoms with van der Waals surface area (Å²) in [4.78, 5) is 13.0. The predicted molar refractivity (Wildman–Crippen MR) is 71.8 cm³/mol. The summed E-state index contributed by atoms with van der Waals surface area (Å²) in [5.74, 6) is -0.854. The van der Waals surface area contributed by atoms with E-state index in [1.165, 1.54) is 0 Å². The fraction of sp³-hybridized carbons (Fsp3) is 0.417. The van der Waals surface area contributed by atoms with Crippen molar-refractivity contribution in [3.8, 4) is 0 Å². The highest BCUT2D eigenvalue weighted by Gasteiger charge is 2.29. The molecule has 0 bridgehead atoms. The number of rotatable bonds is 3. The van der Waals surface area contributed by atoms with E-state index in [0.717, 1.165) is 10.0 Å². The molecule has 0 radical (unpaired) electrons. The van der Waals surface area contributed by atoms with E-state index >= 15 is 0 Å². The lowest BCUT2D eigenvalue weighted by atomic mass is 10.1. The summed E-state index contributed by atoms with van der Waals surface area (Å²) in [7, 11) is 0. The van der Waals surface area contributed by atoms with Crippen LogP contribution in [0.2, 0.25) is 5.02 Å². The summed E-state index contributed by atoms with van der Waals surface area (Å²) in [6.07, 6.45) is 0. The Morgan fingerprint density at radius 1 is 1.61 bits per heavy atom. The molecule has 1 aromatic rings. The van der Waals surface area contributed by atoms with Crippen molar-refractivity contribution in [2.24, 2.45) is 0 Å². The maximum Gasteiger partial charge on any atom is 0.323 e. The minimum Gasteiger partial charge on any atom is -0.480 e. The predicted octanol–water partition coefficient (Wildman–Crippen LogP) is 2.39. The number of benzene rings is 1. The van der Waals surface area contributed by atoms with Crippen molar-refractivity contribution in [3.63, 3.8) is 0 Å². The molecular formula is C12H13BrClNO3. The van der Waals surface area contributed by atoms with E-state index in [4.69, 9.17) is 21.4 Å². The molecule has 4 nitrogen and oxygen atoms in total. The van der Waals surface area contributed by atoms with Crippen LogP contribution in [-0.2, 0) is 16.1 Å². The molecule has 1 aromatic carbocycles. The molecule has 0 spiro atoms.